The van der Waals surface area contributed by atoms with Gasteiger partial charge in [0.25, 0.3) is 0 Å². The first-order chi connectivity index (χ1) is 11.9. The van der Waals surface area contributed by atoms with Crippen molar-refractivity contribution in [1.29, 1.82) is 0 Å². The topological polar surface area (TPSA) is 24.7 Å². The van der Waals surface area contributed by atoms with Crippen LogP contribution in [0, 0.1) is 22.3 Å². The molecule has 0 saturated carbocycles. The summed E-state index contributed by atoms with van der Waals surface area (Å²) in [5.41, 5.74) is 1.74. The molecule has 0 fully saturated rings. The van der Waals surface area contributed by atoms with Gasteiger partial charge in [-0.15, -0.1) is 0 Å². The van der Waals surface area contributed by atoms with Crippen LogP contribution < -0.4 is 0 Å². The van der Waals surface area contributed by atoms with Gasteiger partial charge in [-0.2, -0.15) is 10.2 Å². The molecule has 0 bridgehead atoms. The van der Waals surface area contributed by atoms with Gasteiger partial charge in [-0.25, -0.2) is 0 Å². The first-order valence-electron chi connectivity index (χ1n) is 9.47. The molecule has 0 aliphatic carbocycles. The second kappa shape index (κ2) is 56.2. The van der Waals surface area contributed by atoms with Crippen LogP contribution in [-0.2, 0) is 21.1 Å². The minimum absolute atomic E-state index is 0. The summed E-state index contributed by atoms with van der Waals surface area (Å²) in [5, 5.41) is 8.20. The number of benzene rings is 2. The fraction of sp³-hybridized carbons (Fsp3) is 0.400. The Bertz CT molecular complexity index is 374. The second-order valence-electron chi connectivity index (χ2n) is 2.87. The largest absolute Gasteiger partial charge is 0.358 e. The van der Waals surface area contributed by atoms with Gasteiger partial charge in [-0.1, -0.05) is 106 Å². The van der Waals surface area contributed by atoms with Gasteiger partial charge >= 0.3 is 0 Å². The van der Waals surface area contributed by atoms with E-state index in [0.29, 0.717) is 0 Å². The molecule has 0 radical (unpaired) electrons. The molecule has 0 N–H and O–H groups in total. The van der Waals surface area contributed by atoms with Crippen LogP contribution in [0.3, 0.4) is 0 Å². The predicted octanol–water partition coefficient (Wildman–Crippen LogP) is 10.6. The zero-order valence-corrected chi connectivity index (χ0v) is 24.0. The molecule has 0 atom stereocenters. The smallest absolute Gasteiger partial charge is 0.0857 e. The standard InChI is InChI=1S/C12H10N2.5C2H6.3CH3.W/c1-3-7-11(8-4-1)13-14-12-9-5-2-6-10-12;5*1-2;;;;/h1-10H;5*1-2H3;3*1H3;/q;;;;;;3*-1;. The van der Waals surface area contributed by atoms with E-state index < -0.39 is 0 Å². The third-order valence-corrected chi connectivity index (χ3v) is 1.79. The second-order valence-corrected chi connectivity index (χ2v) is 2.87. The number of rotatable bonds is 2. The van der Waals surface area contributed by atoms with Crippen molar-refractivity contribution in [3.8, 4) is 0 Å². The number of azo groups is 1. The third-order valence-electron chi connectivity index (χ3n) is 1.79. The van der Waals surface area contributed by atoms with E-state index in [0.717, 1.165) is 11.4 Å². The Balaban J connectivity index is -0.0000000421. The maximum atomic E-state index is 4.10. The van der Waals surface area contributed by atoms with Crippen molar-refractivity contribution >= 4 is 11.4 Å². The molecular weight excluding hydrogens is 512 g/mol. The molecular formula is C25H49N2W-3. The van der Waals surface area contributed by atoms with E-state index >= 15 is 0 Å². The summed E-state index contributed by atoms with van der Waals surface area (Å²) in [5.74, 6) is 0. The Morgan fingerprint density at radius 3 is 0.750 bits per heavy atom. The van der Waals surface area contributed by atoms with Crippen LogP contribution in [0.4, 0.5) is 11.4 Å². The molecule has 28 heavy (non-hydrogen) atoms. The van der Waals surface area contributed by atoms with Crippen molar-refractivity contribution in [1.82, 2.24) is 0 Å². The van der Waals surface area contributed by atoms with Gasteiger partial charge in [-0.05, 0) is 24.3 Å². The summed E-state index contributed by atoms with van der Waals surface area (Å²) in [7, 11) is 0. The summed E-state index contributed by atoms with van der Waals surface area (Å²) in [4.78, 5) is 0. The van der Waals surface area contributed by atoms with Crippen LogP contribution in [0.5, 0.6) is 0 Å². The fourth-order valence-corrected chi connectivity index (χ4v) is 1.10. The Kier molecular flexibility index (Phi) is 101. The average Bonchev–Trinajstić information content (AvgIpc) is 2.75. The Labute approximate surface area is 194 Å². The van der Waals surface area contributed by atoms with Gasteiger partial charge in [0.1, 0.15) is 0 Å². The molecule has 0 aliphatic heterocycles. The molecule has 0 spiro atoms. The first kappa shape index (κ1) is 50.4. The third kappa shape index (κ3) is 35.8. The maximum Gasteiger partial charge on any atom is 0.0857 e. The maximum absolute atomic E-state index is 4.10. The average molecular weight is 562 g/mol. The van der Waals surface area contributed by atoms with Crippen LogP contribution >= 0.6 is 0 Å². The number of nitrogens with zero attached hydrogens (tertiary/aromatic N) is 2. The van der Waals surface area contributed by atoms with E-state index in [1.807, 2.05) is 130 Å². The molecule has 0 saturated heterocycles. The quantitative estimate of drug-likeness (QED) is 0.257. The molecule has 0 aromatic heterocycles. The summed E-state index contributed by atoms with van der Waals surface area (Å²) in [6.45, 7) is 20.0. The van der Waals surface area contributed by atoms with Crippen molar-refractivity contribution in [2.45, 2.75) is 69.2 Å². The SMILES string of the molecule is CC.CC.CC.CC.CC.[CH3-].[CH3-].[CH3-].[W].c1ccc(N=Nc2ccccc2)cc1. The first-order valence-corrected chi connectivity index (χ1v) is 9.47. The Hall–Kier alpha value is -1.27. The number of hydrogen-bond donors (Lipinski definition) is 0. The van der Waals surface area contributed by atoms with Crippen LogP contribution in [0.1, 0.15) is 69.2 Å². The molecule has 3 heteroatoms. The van der Waals surface area contributed by atoms with Gasteiger partial charge in [0.2, 0.25) is 0 Å². The molecule has 0 amide bonds. The molecule has 0 unspecified atom stereocenters. The molecule has 2 nitrogen and oxygen atoms in total. The zero-order chi connectivity index (χ0) is 19.6. The Morgan fingerprint density at radius 2 is 0.571 bits per heavy atom. The monoisotopic (exact) mass is 561 g/mol. The van der Waals surface area contributed by atoms with E-state index in [2.05, 4.69) is 10.2 Å². The van der Waals surface area contributed by atoms with Gasteiger partial charge in [0, 0.05) is 21.1 Å². The van der Waals surface area contributed by atoms with Crippen molar-refractivity contribution in [3.05, 3.63) is 82.9 Å². The van der Waals surface area contributed by atoms with E-state index in [1.54, 1.807) is 0 Å². The summed E-state index contributed by atoms with van der Waals surface area (Å²) >= 11 is 0. The minimum Gasteiger partial charge on any atom is -0.358 e. The van der Waals surface area contributed by atoms with Gasteiger partial charge in [0.05, 0.1) is 11.4 Å². The van der Waals surface area contributed by atoms with Gasteiger partial charge < -0.3 is 22.3 Å². The zero-order valence-electron chi connectivity index (χ0n) is 21.1. The molecule has 0 aliphatic rings. The molecule has 2 aromatic carbocycles. The van der Waals surface area contributed by atoms with Crippen LogP contribution in [-0.4, -0.2) is 0 Å². The fourth-order valence-electron chi connectivity index (χ4n) is 1.10. The van der Waals surface area contributed by atoms with Gasteiger partial charge in [0.15, 0.2) is 0 Å². The van der Waals surface area contributed by atoms with E-state index in [1.165, 1.54) is 0 Å². The molecule has 168 valence electrons. The van der Waals surface area contributed by atoms with Crippen LogP contribution in [0.15, 0.2) is 70.9 Å². The molecule has 0 heterocycles. The van der Waals surface area contributed by atoms with Crippen molar-refractivity contribution in [3.63, 3.8) is 0 Å². The van der Waals surface area contributed by atoms with E-state index in [4.69, 9.17) is 0 Å². The molecule has 2 aromatic rings. The van der Waals surface area contributed by atoms with E-state index in [-0.39, 0.29) is 43.3 Å². The predicted molar refractivity (Wildman–Crippen MR) is 133 cm³/mol. The van der Waals surface area contributed by atoms with Crippen LogP contribution in [0.2, 0.25) is 0 Å². The minimum atomic E-state index is 0. The van der Waals surface area contributed by atoms with Crippen molar-refractivity contribution < 1.29 is 21.1 Å². The Morgan fingerprint density at radius 1 is 0.393 bits per heavy atom. The summed E-state index contributed by atoms with van der Waals surface area (Å²) in [6, 6.07) is 19.4. The molecule has 2 rings (SSSR count). The normalized spacial score (nSPS) is 6.36. The summed E-state index contributed by atoms with van der Waals surface area (Å²) < 4.78 is 0. The van der Waals surface area contributed by atoms with Crippen molar-refractivity contribution in [2.75, 3.05) is 0 Å². The summed E-state index contributed by atoms with van der Waals surface area (Å²) in [6.07, 6.45) is 0. The van der Waals surface area contributed by atoms with Gasteiger partial charge in [-0.3, -0.25) is 0 Å². The van der Waals surface area contributed by atoms with E-state index in [9.17, 15) is 0 Å². The number of hydrogen-bond acceptors (Lipinski definition) is 2. The van der Waals surface area contributed by atoms with Crippen molar-refractivity contribution in [2.24, 2.45) is 10.2 Å². The van der Waals surface area contributed by atoms with Crippen LogP contribution in [0.25, 0.3) is 0 Å².